The largest absolute Gasteiger partial charge is 0.493 e. The number of nitro benzene ring substituents is 1. The minimum atomic E-state index is -0.500. The first kappa shape index (κ1) is 23.0. The van der Waals surface area contributed by atoms with Crippen LogP contribution in [-0.2, 0) is 32.3 Å². The van der Waals surface area contributed by atoms with Gasteiger partial charge in [-0.2, -0.15) is 0 Å². The molecule has 0 fully saturated rings. The molecule has 0 aliphatic rings. The minimum Gasteiger partial charge on any atom is -0.493 e. The van der Waals surface area contributed by atoms with Gasteiger partial charge in [0.1, 0.15) is 6.61 Å². The molecule has 170 valence electrons. The molecule has 10 heteroatoms. The molecule has 0 unspecified atom stereocenters. The first-order valence-electron chi connectivity index (χ1n) is 10.0. The van der Waals surface area contributed by atoms with Crippen molar-refractivity contribution in [2.24, 2.45) is 0 Å². The second-order valence-corrected chi connectivity index (χ2v) is 6.66. The molecule has 2 aromatic carbocycles. The molecule has 0 aliphatic heterocycles. The van der Waals surface area contributed by atoms with Crippen molar-refractivity contribution in [2.45, 2.75) is 26.9 Å². The van der Waals surface area contributed by atoms with Crippen LogP contribution in [0.2, 0.25) is 0 Å². The molecule has 0 radical (unpaired) electrons. The summed E-state index contributed by atoms with van der Waals surface area (Å²) in [5, 5.41) is 12.2. The van der Waals surface area contributed by atoms with Gasteiger partial charge in [-0.05, 0) is 49.7 Å². The maximum atomic E-state index is 11.9. The van der Waals surface area contributed by atoms with Crippen LogP contribution < -0.4 is 9.47 Å². The first-order valence-corrected chi connectivity index (χ1v) is 10.0. The Morgan fingerprint density at radius 2 is 1.81 bits per heavy atom. The molecule has 0 saturated heterocycles. The van der Waals surface area contributed by atoms with Crippen molar-refractivity contribution in [1.82, 2.24) is 4.98 Å². The molecule has 3 aromatic rings. The van der Waals surface area contributed by atoms with Gasteiger partial charge < -0.3 is 19.2 Å². The highest BCUT2D eigenvalue weighted by Gasteiger charge is 2.23. The highest BCUT2D eigenvalue weighted by molar-refractivity contribution is 5.92. The summed E-state index contributed by atoms with van der Waals surface area (Å²) in [6.45, 7) is 4.32. The zero-order valence-electron chi connectivity index (χ0n) is 18.0. The number of hydrogen-bond donors (Lipinski definition) is 1. The van der Waals surface area contributed by atoms with Crippen LogP contribution in [0.15, 0.2) is 36.4 Å². The molecule has 1 N–H and O–H groups in total. The Hall–Kier alpha value is -3.63. The molecule has 0 spiro atoms. The number of nitrogens with one attached hydrogen (secondary N) is 1. The Morgan fingerprint density at radius 3 is 2.50 bits per heavy atom. The lowest BCUT2D eigenvalue weighted by atomic mass is 10.1. The number of hydrogen-bond acceptors (Lipinski definition) is 8. The van der Waals surface area contributed by atoms with Crippen LogP contribution >= 0.6 is 0 Å². The normalized spacial score (nSPS) is 10.8. The van der Waals surface area contributed by atoms with E-state index in [9.17, 15) is 14.9 Å². The summed E-state index contributed by atoms with van der Waals surface area (Å²) in [6.07, 6.45) is 0.0759. The van der Waals surface area contributed by atoms with E-state index in [1.807, 2.05) is 0 Å². The third-order valence-corrected chi connectivity index (χ3v) is 4.49. The van der Waals surface area contributed by atoms with Crippen molar-refractivity contribution in [2.75, 3.05) is 20.3 Å². The zero-order chi connectivity index (χ0) is 23.1. The molecule has 0 amide bonds. The summed E-state index contributed by atoms with van der Waals surface area (Å²) < 4.78 is 16.2. The van der Waals surface area contributed by atoms with Gasteiger partial charge in [0.05, 0.1) is 42.6 Å². The number of esters is 1. The molecule has 1 aromatic heterocycles. The number of H-pyrrole nitrogens is 1. The van der Waals surface area contributed by atoms with Crippen molar-refractivity contribution < 1.29 is 33.7 Å². The summed E-state index contributed by atoms with van der Waals surface area (Å²) in [5.41, 5.74) is 1.66. The summed E-state index contributed by atoms with van der Waals surface area (Å²) in [5.74, 6) is 0.301. The smallest absolute Gasteiger partial charge is 0.320 e. The van der Waals surface area contributed by atoms with E-state index in [0.29, 0.717) is 41.1 Å². The first-order chi connectivity index (χ1) is 15.5. The highest BCUT2D eigenvalue weighted by atomic mass is 17.2. The molecule has 3 rings (SSSR count). The fourth-order valence-corrected chi connectivity index (χ4v) is 3.17. The molecule has 1 heterocycles. The highest BCUT2D eigenvalue weighted by Crippen LogP contribution is 2.41. The van der Waals surface area contributed by atoms with Gasteiger partial charge >= 0.3 is 11.7 Å². The topological polar surface area (TPSA) is 122 Å². The third kappa shape index (κ3) is 5.34. The quantitative estimate of drug-likeness (QED) is 0.151. The van der Waals surface area contributed by atoms with Crippen LogP contribution in [0.25, 0.3) is 10.9 Å². The predicted octanol–water partition coefficient (Wildman–Crippen LogP) is 4.45. The Kier molecular flexibility index (Phi) is 7.63. The van der Waals surface area contributed by atoms with Crippen LogP contribution in [0.1, 0.15) is 25.1 Å². The van der Waals surface area contributed by atoms with Crippen molar-refractivity contribution in [3.8, 4) is 17.2 Å². The van der Waals surface area contributed by atoms with E-state index in [4.69, 9.17) is 24.0 Å². The number of benzene rings is 2. The van der Waals surface area contributed by atoms with Gasteiger partial charge in [0.2, 0.25) is 5.75 Å². The van der Waals surface area contributed by atoms with E-state index in [1.54, 1.807) is 44.2 Å². The van der Waals surface area contributed by atoms with E-state index < -0.39 is 4.92 Å². The van der Waals surface area contributed by atoms with E-state index in [1.165, 1.54) is 13.2 Å². The van der Waals surface area contributed by atoms with Crippen molar-refractivity contribution in [3.63, 3.8) is 0 Å². The van der Waals surface area contributed by atoms with E-state index >= 15 is 0 Å². The SMILES string of the molecule is CCOOCc1cc2c([N+](=O)[O-])c(Oc3ccc(CC(=O)OCC)cc3OC)ccc2[nH]1. The lowest BCUT2D eigenvalue weighted by Crippen LogP contribution is -2.07. The van der Waals surface area contributed by atoms with Crippen LogP contribution in [0, 0.1) is 10.1 Å². The van der Waals surface area contributed by atoms with Gasteiger partial charge in [-0.1, -0.05) is 6.07 Å². The molecule has 0 bridgehead atoms. The lowest BCUT2D eigenvalue weighted by molar-refractivity contribution is -0.383. The predicted molar refractivity (Wildman–Crippen MR) is 115 cm³/mol. The Labute approximate surface area is 184 Å². The van der Waals surface area contributed by atoms with Crippen molar-refractivity contribution in [3.05, 3.63) is 57.8 Å². The number of nitrogens with zero attached hydrogens (tertiary/aromatic N) is 1. The van der Waals surface area contributed by atoms with E-state index in [0.717, 1.165) is 0 Å². The molecule has 0 saturated carbocycles. The maximum Gasteiger partial charge on any atom is 0.320 e. The number of aromatic nitrogens is 1. The average molecular weight is 444 g/mol. The Bertz CT molecular complexity index is 1110. The maximum absolute atomic E-state index is 11.9. The number of aromatic amines is 1. The van der Waals surface area contributed by atoms with E-state index in [2.05, 4.69) is 4.98 Å². The number of nitro groups is 1. The van der Waals surface area contributed by atoms with Gasteiger partial charge in [0.15, 0.2) is 11.5 Å². The fourth-order valence-electron chi connectivity index (χ4n) is 3.17. The second-order valence-electron chi connectivity index (χ2n) is 6.66. The molecule has 0 aliphatic carbocycles. The lowest BCUT2D eigenvalue weighted by Gasteiger charge is -2.12. The summed E-state index contributed by atoms with van der Waals surface area (Å²) in [6, 6.07) is 9.73. The number of carbonyl (C=O) groups excluding carboxylic acids is 1. The standard InChI is InChI=1S/C22H24N2O8/c1-4-29-21(25)11-14-6-8-18(20(10-14)28-3)32-19-9-7-17-16(22(19)24(26)27)12-15(23-17)13-31-30-5-2/h6-10,12,23H,4-5,11,13H2,1-3H3. The third-order valence-electron chi connectivity index (χ3n) is 4.49. The van der Waals surface area contributed by atoms with Gasteiger partial charge in [-0.25, -0.2) is 9.78 Å². The Balaban J connectivity index is 1.91. The summed E-state index contributed by atoms with van der Waals surface area (Å²) >= 11 is 0. The number of fused-ring (bicyclic) bond motifs is 1. The zero-order valence-corrected chi connectivity index (χ0v) is 18.0. The Morgan fingerprint density at radius 1 is 1.03 bits per heavy atom. The van der Waals surface area contributed by atoms with Crippen molar-refractivity contribution in [1.29, 1.82) is 0 Å². The van der Waals surface area contributed by atoms with Gasteiger partial charge in [0.25, 0.3) is 0 Å². The van der Waals surface area contributed by atoms with Crippen LogP contribution in [0.5, 0.6) is 17.2 Å². The van der Waals surface area contributed by atoms with Gasteiger partial charge in [0, 0.05) is 5.69 Å². The molecule has 0 atom stereocenters. The molecular weight excluding hydrogens is 420 g/mol. The van der Waals surface area contributed by atoms with Crippen molar-refractivity contribution >= 4 is 22.6 Å². The van der Waals surface area contributed by atoms with E-state index in [-0.39, 0.29) is 36.2 Å². The number of rotatable bonds is 11. The van der Waals surface area contributed by atoms with Gasteiger partial charge in [-0.15, -0.1) is 0 Å². The molecule has 32 heavy (non-hydrogen) atoms. The second kappa shape index (κ2) is 10.6. The van der Waals surface area contributed by atoms with Crippen LogP contribution in [0.4, 0.5) is 5.69 Å². The fraction of sp³-hybridized carbons (Fsp3) is 0.318. The number of methoxy groups -OCH3 is 1. The average Bonchev–Trinajstić information content (AvgIpc) is 3.17. The van der Waals surface area contributed by atoms with Gasteiger partial charge in [-0.3, -0.25) is 14.9 Å². The minimum absolute atomic E-state index is 0.0511. The number of ether oxygens (including phenoxy) is 3. The molecular formula is C22H24N2O8. The van der Waals surface area contributed by atoms with Crippen LogP contribution in [0.3, 0.4) is 0 Å². The summed E-state index contributed by atoms with van der Waals surface area (Å²) in [7, 11) is 1.45. The molecule has 10 nitrogen and oxygen atoms in total. The van der Waals surface area contributed by atoms with Crippen LogP contribution in [-0.4, -0.2) is 36.2 Å². The summed E-state index contributed by atoms with van der Waals surface area (Å²) in [4.78, 5) is 36.0. The monoisotopic (exact) mass is 444 g/mol. The number of carbonyl (C=O) groups is 1.